The highest BCUT2D eigenvalue weighted by Crippen LogP contribution is 2.27. The molecule has 0 spiro atoms. The van der Waals surface area contributed by atoms with Gasteiger partial charge in [-0.15, -0.1) is 0 Å². The Hall–Kier alpha value is -0.810. The highest BCUT2D eigenvalue weighted by molar-refractivity contribution is 6.33. The lowest BCUT2D eigenvalue weighted by atomic mass is 10.1. The first-order valence-electron chi connectivity index (χ1n) is 6.10. The highest BCUT2D eigenvalue weighted by atomic mass is 35.5. The van der Waals surface area contributed by atoms with Crippen molar-refractivity contribution < 1.29 is 14.6 Å². The Balaban J connectivity index is 2.10. The van der Waals surface area contributed by atoms with E-state index in [2.05, 4.69) is 5.32 Å². The number of hydrogen-bond acceptors (Lipinski definition) is 3. The van der Waals surface area contributed by atoms with Crippen LogP contribution in [0.1, 0.15) is 24.4 Å². The van der Waals surface area contributed by atoms with Crippen molar-refractivity contribution in [3.8, 4) is 0 Å². The second kappa shape index (κ2) is 6.57. The first kappa shape index (κ1) is 14.6. The molecule has 1 aliphatic heterocycles. The molecular weight excluding hydrogens is 289 g/mol. The molecule has 0 bridgehead atoms. The molecule has 0 aliphatic carbocycles. The van der Waals surface area contributed by atoms with Crippen LogP contribution in [0.2, 0.25) is 10.0 Å². The van der Waals surface area contributed by atoms with Gasteiger partial charge in [-0.1, -0.05) is 23.2 Å². The number of carboxylic acid groups (broad SMARTS) is 1. The summed E-state index contributed by atoms with van der Waals surface area (Å²) in [5, 5.41) is 13.1. The summed E-state index contributed by atoms with van der Waals surface area (Å²) in [6.45, 7) is 1.22. The van der Waals surface area contributed by atoms with Crippen LogP contribution in [-0.4, -0.2) is 30.3 Å². The molecular formula is C13H15Cl2NO3. The Morgan fingerprint density at radius 3 is 2.95 bits per heavy atom. The number of aliphatic carboxylic acids is 1. The zero-order chi connectivity index (χ0) is 13.8. The number of carbonyl (C=O) groups is 1. The third kappa shape index (κ3) is 3.83. The zero-order valence-electron chi connectivity index (χ0n) is 10.2. The molecule has 0 saturated carbocycles. The number of rotatable bonds is 5. The Kier molecular flexibility index (Phi) is 5.05. The third-order valence-corrected chi connectivity index (χ3v) is 3.67. The Morgan fingerprint density at radius 1 is 1.53 bits per heavy atom. The molecule has 6 heteroatoms. The monoisotopic (exact) mass is 303 g/mol. The Morgan fingerprint density at radius 2 is 2.32 bits per heavy atom. The van der Waals surface area contributed by atoms with Crippen LogP contribution in [0.5, 0.6) is 0 Å². The minimum atomic E-state index is -0.984. The van der Waals surface area contributed by atoms with Crippen molar-refractivity contribution in [1.29, 1.82) is 0 Å². The molecule has 2 N–H and O–H groups in total. The van der Waals surface area contributed by atoms with Crippen molar-refractivity contribution in [3.05, 3.63) is 33.8 Å². The second-order valence-corrected chi connectivity index (χ2v) is 5.32. The van der Waals surface area contributed by atoms with Crippen molar-refractivity contribution in [2.24, 2.45) is 0 Å². The number of benzene rings is 1. The maximum absolute atomic E-state index is 11.4. The molecule has 0 amide bonds. The zero-order valence-corrected chi connectivity index (χ0v) is 11.7. The lowest BCUT2D eigenvalue weighted by Gasteiger charge is -2.18. The van der Waals surface area contributed by atoms with Crippen molar-refractivity contribution in [3.63, 3.8) is 0 Å². The summed E-state index contributed by atoms with van der Waals surface area (Å²) in [5.41, 5.74) is 0.472. The van der Waals surface area contributed by atoms with Gasteiger partial charge in [0, 0.05) is 28.8 Å². The van der Waals surface area contributed by atoms with Gasteiger partial charge in [0.25, 0.3) is 0 Å². The van der Waals surface area contributed by atoms with Crippen LogP contribution in [0, 0.1) is 0 Å². The van der Waals surface area contributed by atoms with Gasteiger partial charge in [-0.05, 0) is 31.0 Å². The molecule has 1 aromatic carbocycles. The van der Waals surface area contributed by atoms with Crippen LogP contribution in [0.4, 0.5) is 0 Å². The summed E-state index contributed by atoms with van der Waals surface area (Å²) in [4.78, 5) is 11.4. The van der Waals surface area contributed by atoms with Gasteiger partial charge in [0.2, 0.25) is 0 Å². The van der Waals surface area contributed by atoms with E-state index in [1.165, 1.54) is 0 Å². The van der Waals surface area contributed by atoms with E-state index in [1.54, 1.807) is 18.2 Å². The van der Waals surface area contributed by atoms with Crippen LogP contribution < -0.4 is 5.32 Å². The molecule has 2 atom stereocenters. The van der Waals surface area contributed by atoms with E-state index >= 15 is 0 Å². The van der Waals surface area contributed by atoms with E-state index in [4.69, 9.17) is 27.9 Å². The molecule has 1 fully saturated rings. The quantitative estimate of drug-likeness (QED) is 0.878. The van der Waals surface area contributed by atoms with Gasteiger partial charge in [-0.3, -0.25) is 10.1 Å². The summed E-state index contributed by atoms with van der Waals surface area (Å²) in [6, 6.07) is 3.93. The van der Waals surface area contributed by atoms with Crippen molar-refractivity contribution >= 4 is 29.2 Å². The molecule has 0 radical (unpaired) electrons. The van der Waals surface area contributed by atoms with Gasteiger partial charge in [0.05, 0.1) is 6.10 Å². The van der Waals surface area contributed by atoms with Crippen LogP contribution in [0.25, 0.3) is 0 Å². The van der Waals surface area contributed by atoms with E-state index in [-0.39, 0.29) is 6.10 Å². The maximum Gasteiger partial charge on any atom is 0.325 e. The number of carboxylic acids is 1. The first-order chi connectivity index (χ1) is 9.08. The lowest BCUT2D eigenvalue weighted by Crippen LogP contribution is -2.34. The van der Waals surface area contributed by atoms with Gasteiger partial charge < -0.3 is 9.84 Å². The molecule has 19 heavy (non-hydrogen) atoms. The predicted molar refractivity (Wildman–Crippen MR) is 73.8 cm³/mol. The van der Waals surface area contributed by atoms with Crippen molar-refractivity contribution in [2.45, 2.75) is 25.0 Å². The lowest BCUT2D eigenvalue weighted by molar-refractivity contribution is -0.139. The third-order valence-electron chi connectivity index (χ3n) is 3.09. The first-order valence-corrected chi connectivity index (χ1v) is 6.86. The van der Waals surface area contributed by atoms with E-state index < -0.39 is 12.0 Å². The molecule has 104 valence electrons. The van der Waals surface area contributed by atoms with Gasteiger partial charge in [-0.25, -0.2) is 0 Å². The van der Waals surface area contributed by atoms with Gasteiger partial charge >= 0.3 is 5.97 Å². The minimum absolute atomic E-state index is 0.0693. The Bertz CT molecular complexity index is 461. The molecule has 1 aliphatic rings. The average Bonchev–Trinajstić information content (AvgIpc) is 2.86. The van der Waals surface area contributed by atoms with Gasteiger partial charge in [0.15, 0.2) is 0 Å². The normalized spacial score (nSPS) is 20.4. The minimum Gasteiger partial charge on any atom is -0.480 e. The van der Waals surface area contributed by atoms with Crippen LogP contribution in [-0.2, 0) is 9.53 Å². The van der Waals surface area contributed by atoms with Gasteiger partial charge in [0.1, 0.15) is 6.04 Å². The van der Waals surface area contributed by atoms with Crippen molar-refractivity contribution in [2.75, 3.05) is 13.2 Å². The van der Waals surface area contributed by atoms with E-state index in [0.717, 1.165) is 19.4 Å². The predicted octanol–water partition coefficient (Wildman–Crippen LogP) is 2.89. The molecule has 2 unspecified atom stereocenters. The number of ether oxygens (including phenoxy) is 1. The van der Waals surface area contributed by atoms with Crippen LogP contribution in [0.15, 0.2) is 18.2 Å². The fourth-order valence-electron chi connectivity index (χ4n) is 2.12. The highest BCUT2D eigenvalue weighted by Gasteiger charge is 2.24. The van der Waals surface area contributed by atoms with Gasteiger partial charge in [-0.2, -0.15) is 0 Å². The summed E-state index contributed by atoms with van der Waals surface area (Å²) in [7, 11) is 0. The molecule has 1 aromatic rings. The number of nitrogens with one attached hydrogen (secondary N) is 1. The van der Waals surface area contributed by atoms with E-state index in [0.29, 0.717) is 22.2 Å². The Labute approximate surface area is 121 Å². The van der Waals surface area contributed by atoms with Crippen LogP contribution >= 0.6 is 23.2 Å². The summed E-state index contributed by atoms with van der Waals surface area (Å²) in [5.74, 6) is -0.984. The van der Waals surface area contributed by atoms with Crippen molar-refractivity contribution in [1.82, 2.24) is 5.32 Å². The molecule has 1 heterocycles. The maximum atomic E-state index is 11.4. The van der Waals surface area contributed by atoms with Crippen LogP contribution in [0.3, 0.4) is 0 Å². The molecule has 1 saturated heterocycles. The summed E-state index contributed by atoms with van der Waals surface area (Å²) in [6.07, 6.45) is 2.03. The molecule has 0 aromatic heterocycles. The largest absolute Gasteiger partial charge is 0.480 e. The fourth-order valence-corrected chi connectivity index (χ4v) is 2.53. The summed E-state index contributed by atoms with van der Waals surface area (Å²) >= 11 is 11.9. The smallest absolute Gasteiger partial charge is 0.325 e. The summed E-state index contributed by atoms with van der Waals surface area (Å²) < 4.78 is 5.46. The average molecular weight is 304 g/mol. The standard InChI is InChI=1S/C13H15Cl2NO3/c14-8-3-4-11(15)10(6-8)12(13(17)18)16-7-9-2-1-5-19-9/h3-4,6,9,12,16H,1-2,5,7H2,(H,17,18). The number of hydrogen-bond donors (Lipinski definition) is 2. The molecule has 4 nitrogen and oxygen atoms in total. The van der Waals surface area contributed by atoms with E-state index in [1.807, 2.05) is 0 Å². The molecule has 2 rings (SSSR count). The second-order valence-electron chi connectivity index (χ2n) is 4.48. The SMILES string of the molecule is O=C(O)C(NCC1CCCO1)c1cc(Cl)ccc1Cl. The fraction of sp³-hybridized carbons (Fsp3) is 0.462. The topological polar surface area (TPSA) is 58.6 Å². The van der Waals surface area contributed by atoms with E-state index in [9.17, 15) is 9.90 Å². The number of halogens is 2.